The monoisotopic (exact) mass is 458 g/mol. The molecular weight excluding hydrogens is 420 g/mol. The van der Waals surface area contributed by atoms with Crippen LogP contribution in [0.2, 0.25) is 18.1 Å². The summed E-state index contributed by atoms with van der Waals surface area (Å²) in [6, 6.07) is 8.33. The second-order valence-electron chi connectivity index (χ2n) is 8.70. The van der Waals surface area contributed by atoms with Gasteiger partial charge in [-0.2, -0.15) is 12.1 Å². The predicted molar refractivity (Wildman–Crippen MR) is 120 cm³/mol. The molecule has 0 bridgehead atoms. The van der Waals surface area contributed by atoms with E-state index in [0.29, 0.717) is 5.04 Å². The Balaban J connectivity index is 0.000000824. The second kappa shape index (κ2) is 14.9. The fraction of sp³-hybridized carbons (Fsp3) is 0.542. The van der Waals surface area contributed by atoms with Gasteiger partial charge in [-0.15, -0.1) is 11.8 Å². The Hall–Kier alpha value is -0.974. The normalized spacial score (nSPS) is 13.1. The third kappa shape index (κ3) is 12.3. The zero-order valence-electron chi connectivity index (χ0n) is 18.7. The summed E-state index contributed by atoms with van der Waals surface area (Å²) >= 11 is 0. The molecule has 0 N–H and O–H groups in total. The van der Waals surface area contributed by atoms with Gasteiger partial charge in [0.2, 0.25) is 0 Å². The molecule has 0 unspecified atom stereocenters. The van der Waals surface area contributed by atoms with E-state index in [1.165, 1.54) is 24.8 Å². The van der Waals surface area contributed by atoms with E-state index in [1.807, 2.05) is 12.2 Å². The van der Waals surface area contributed by atoms with E-state index in [-0.39, 0.29) is 17.1 Å². The molecule has 0 amide bonds. The first-order valence-electron chi connectivity index (χ1n) is 10.4. The van der Waals surface area contributed by atoms with Gasteiger partial charge in [0.05, 0.1) is 0 Å². The van der Waals surface area contributed by atoms with Crippen molar-refractivity contribution < 1.29 is 31.3 Å². The van der Waals surface area contributed by atoms with E-state index in [0.717, 1.165) is 38.1 Å². The van der Waals surface area contributed by atoms with Crippen LogP contribution in [0, 0.1) is 0 Å². The predicted octanol–water partition coefficient (Wildman–Crippen LogP) is 5.86. The fourth-order valence-electron chi connectivity index (χ4n) is 2.37. The molecule has 0 saturated carbocycles. The molecule has 0 saturated heterocycles. The molecule has 1 aliphatic rings. The number of allylic oxidation sites excluding steroid dienone is 5. The summed E-state index contributed by atoms with van der Waals surface area (Å²) in [7, 11) is -1.54. The Morgan fingerprint density at radius 2 is 1.66 bits per heavy atom. The van der Waals surface area contributed by atoms with Crippen LogP contribution in [0.3, 0.4) is 0 Å². The molecule has 164 valence electrons. The van der Waals surface area contributed by atoms with Crippen LogP contribution in [-0.4, -0.2) is 21.5 Å². The standard InChI is InChI=1S/C18H33O2Si.C6H6O.Fe/c1-18(2,3)21(4,5)20-15-11-7-6-10-14-19-16-17-12-8-9-13-17;7-5-6-3-1-2-4-6;/h8-9,12-13H,6-7,10-11,14-16H2,1-5H3;1-5,7H;/q-1;;+2/p-1. The van der Waals surface area contributed by atoms with Gasteiger partial charge in [-0.05, 0) is 36.5 Å². The Morgan fingerprint density at radius 3 is 2.14 bits per heavy atom. The first-order chi connectivity index (χ1) is 13.3. The summed E-state index contributed by atoms with van der Waals surface area (Å²) in [4.78, 5) is 0. The minimum absolute atomic E-state index is 0. The quantitative estimate of drug-likeness (QED) is 0.191. The maximum absolute atomic E-state index is 9.87. The van der Waals surface area contributed by atoms with Crippen LogP contribution in [0.1, 0.15) is 52.0 Å². The van der Waals surface area contributed by atoms with Crippen LogP contribution >= 0.6 is 0 Å². The molecule has 29 heavy (non-hydrogen) atoms. The second-order valence-corrected chi connectivity index (χ2v) is 13.5. The first kappa shape index (κ1) is 28.0. The molecule has 3 nitrogen and oxygen atoms in total. The van der Waals surface area contributed by atoms with Crippen molar-refractivity contribution in [3.63, 3.8) is 0 Å². The smallest absolute Gasteiger partial charge is 0.877 e. The zero-order valence-corrected chi connectivity index (χ0v) is 20.8. The minimum Gasteiger partial charge on any atom is -0.877 e. The van der Waals surface area contributed by atoms with Crippen molar-refractivity contribution in [3.8, 4) is 0 Å². The maximum Gasteiger partial charge on any atom is 2.00 e. The van der Waals surface area contributed by atoms with E-state index >= 15 is 0 Å². The van der Waals surface area contributed by atoms with Gasteiger partial charge >= 0.3 is 17.1 Å². The van der Waals surface area contributed by atoms with Gasteiger partial charge in [0.15, 0.2) is 8.32 Å². The van der Waals surface area contributed by atoms with E-state index in [4.69, 9.17) is 9.16 Å². The summed E-state index contributed by atoms with van der Waals surface area (Å²) in [6.07, 6.45) is 12.9. The maximum atomic E-state index is 9.87. The molecule has 1 aromatic carbocycles. The molecular formula is C24H38FeO3Si. The van der Waals surface area contributed by atoms with Gasteiger partial charge in [0.1, 0.15) is 0 Å². The van der Waals surface area contributed by atoms with Gasteiger partial charge in [-0.25, -0.2) is 12.1 Å². The number of rotatable bonds is 10. The van der Waals surface area contributed by atoms with Gasteiger partial charge in [-0.3, -0.25) is 0 Å². The summed E-state index contributed by atoms with van der Waals surface area (Å²) < 4.78 is 11.8. The molecule has 0 radical (unpaired) electrons. The minimum atomic E-state index is -1.54. The van der Waals surface area contributed by atoms with Crippen LogP contribution in [-0.2, 0) is 32.8 Å². The molecule has 5 heteroatoms. The first-order valence-corrected chi connectivity index (χ1v) is 13.3. The van der Waals surface area contributed by atoms with E-state index < -0.39 is 8.32 Å². The zero-order chi connectivity index (χ0) is 20.9. The van der Waals surface area contributed by atoms with Crippen molar-refractivity contribution in [2.75, 3.05) is 13.2 Å². The average molecular weight is 458 g/mol. The molecule has 0 spiro atoms. The summed E-state index contributed by atoms with van der Waals surface area (Å²) in [6.45, 7) is 14.1. The number of hydrogen-bond donors (Lipinski definition) is 0. The molecule has 1 aromatic rings. The van der Waals surface area contributed by atoms with Crippen LogP contribution in [0.25, 0.3) is 0 Å². The van der Waals surface area contributed by atoms with Crippen molar-refractivity contribution in [3.05, 3.63) is 66.0 Å². The van der Waals surface area contributed by atoms with Crippen LogP contribution < -0.4 is 5.11 Å². The van der Waals surface area contributed by atoms with Crippen molar-refractivity contribution in [1.29, 1.82) is 0 Å². The Labute approximate surface area is 189 Å². The van der Waals surface area contributed by atoms with Crippen molar-refractivity contribution in [1.82, 2.24) is 0 Å². The van der Waals surface area contributed by atoms with Crippen molar-refractivity contribution in [2.45, 2.75) is 71.2 Å². The van der Waals surface area contributed by atoms with Crippen molar-refractivity contribution in [2.24, 2.45) is 0 Å². The van der Waals surface area contributed by atoms with Crippen LogP contribution in [0.4, 0.5) is 0 Å². The fourth-order valence-corrected chi connectivity index (χ4v) is 3.46. The van der Waals surface area contributed by atoms with Crippen LogP contribution in [0.15, 0.2) is 60.4 Å². The van der Waals surface area contributed by atoms with Crippen molar-refractivity contribution >= 4 is 8.32 Å². The van der Waals surface area contributed by atoms with Gasteiger partial charge in [-0.1, -0.05) is 57.9 Å². The SMILES string of the molecule is CC(C)(C)[Si](C)(C)OCCCCCCOCc1ccc[cH-]1.[Fe+2].[O-]C=C1C=CC=C1. The van der Waals surface area contributed by atoms with Gasteiger partial charge in [0.25, 0.3) is 0 Å². The summed E-state index contributed by atoms with van der Waals surface area (Å²) in [5.74, 6) is 0. The summed E-state index contributed by atoms with van der Waals surface area (Å²) in [5.41, 5.74) is 2.03. The Kier molecular flexibility index (Phi) is 14.4. The largest absolute Gasteiger partial charge is 2.00 e. The molecule has 1 aliphatic carbocycles. The number of unbranched alkanes of at least 4 members (excludes halogenated alkanes) is 3. The Bertz CT molecular complexity index is 597. The molecule has 0 atom stereocenters. The Morgan fingerprint density at radius 1 is 1.03 bits per heavy atom. The molecule has 0 heterocycles. The topological polar surface area (TPSA) is 41.5 Å². The average Bonchev–Trinajstić information content (AvgIpc) is 3.33. The van der Waals surface area contributed by atoms with E-state index in [1.54, 1.807) is 12.2 Å². The summed E-state index contributed by atoms with van der Waals surface area (Å²) in [5, 5.41) is 10.2. The van der Waals surface area contributed by atoms with Gasteiger partial charge in [0, 0.05) is 19.8 Å². The molecule has 2 rings (SSSR count). The van der Waals surface area contributed by atoms with Crippen LogP contribution in [0.5, 0.6) is 0 Å². The van der Waals surface area contributed by atoms with Gasteiger partial charge < -0.3 is 14.3 Å². The third-order valence-corrected chi connectivity index (χ3v) is 9.82. The molecule has 0 aliphatic heterocycles. The molecule has 0 aromatic heterocycles. The number of hydrogen-bond acceptors (Lipinski definition) is 3. The van der Waals surface area contributed by atoms with E-state index in [9.17, 15) is 5.11 Å². The molecule has 0 fully saturated rings. The van der Waals surface area contributed by atoms with E-state index in [2.05, 4.69) is 58.1 Å². The third-order valence-electron chi connectivity index (χ3n) is 5.28. The number of ether oxygens (including phenoxy) is 1.